The number of ether oxygens (including phenoxy) is 2. The van der Waals surface area contributed by atoms with E-state index in [4.69, 9.17) is 20.9 Å². The lowest BCUT2D eigenvalue weighted by atomic mass is 9.79. The van der Waals surface area contributed by atoms with Gasteiger partial charge in [-0.05, 0) is 35.6 Å². The Morgan fingerprint density at radius 3 is 2.54 bits per heavy atom. The molecular formula is C31H33FN6O3. The lowest BCUT2D eigenvalue weighted by Gasteiger charge is -2.43. The molecule has 3 atom stereocenters. The molecule has 0 radical (unpaired) electrons. The lowest BCUT2D eigenvalue weighted by Crippen LogP contribution is -2.53. The number of rotatable bonds is 5. The molecule has 41 heavy (non-hydrogen) atoms. The maximum atomic E-state index is 15.5. The van der Waals surface area contributed by atoms with E-state index >= 15 is 4.39 Å². The van der Waals surface area contributed by atoms with E-state index in [1.165, 1.54) is 19.8 Å². The van der Waals surface area contributed by atoms with Gasteiger partial charge in [0.1, 0.15) is 11.3 Å². The maximum Gasteiger partial charge on any atom is 0.228 e. The van der Waals surface area contributed by atoms with Gasteiger partial charge < -0.3 is 30.7 Å². The number of nitrogens with zero attached hydrogens (tertiary/aromatic N) is 4. The smallest absolute Gasteiger partial charge is 0.228 e. The van der Waals surface area contributed by atoms with Gasteiger partial charge in [0.2, 0.25) is 11.9 Å². The van der Waals surface area contributed by atoms with E-state index in [1.807, 2.05) is 58.3 Å². The summed E-state index contributed by atoms with van der Waals surface area (Å²) in [7, 11) is 2.80. The van der Waals surface area contributed by atoms with Crippen LogP contribution >= 0.6 is 0 Å². The third-order valence-electron chi connectivity index (χ3n) is 8.32. The van der Waals surface area contributed by atoms with Gasteiger partial charge in [-0.2, -0.15) is 4.98 Å². The first-order valence-electron chi connectivity index (χ1n) is 13.7. The van der Waals surface area contributed by atoms with Gasteiger partial charge in [0.25, 0.3) is 0 Å². The molecule has 3 aromatic carbocycles. The number of halogens is 1. The Balaban J connectivity index is 1.34. The van der Waals surface area contributed by atoms with Crippen LogP contribution in [0.15, 0.2) is 60.7 Å². The van der Waals surface area contributed by atoms with Crippen molar-refractivity contribution < 1.29 is 18.7 Å². The number of aryl methyl sites for hydroxylation is 1. The largest absolute Gasteiger partial charge is 0.493 e. The Bertz CT molecular complexity index is 1600. The molecule has 1 amide bonds. The molecule has 4 N–H and O–H groups in total. The summed E-state index contributed by atoms with van der Waals surface area (Å²) in [6, 6.07) is 18.9. The molecule has 0 spiro atoms. The molecule has 1 aromatic heterocycles. The number of hydrogen-bond acceptors (Lipinski definition) is 8. The van der Waals surface area contributed by atoms with E-state index in [0.29, 0.717) is 31.4 Å². The third kappa shape index (κ3) is 4.67. The number of methoxy groups -OCH3 is 2. The van der Waals surface area contributed by atoms with Crippen molar-refractivity contribution in [1.29, 1.82) is 0 Å². The Kier molecular flexibility index (Phi) is 7.08. The molecule has 4 aromatic rings. The zero-order chi connectivity index (χ0) is 28.7. The number of hydrogen-bond donors (Lipinski definition) is 2. The first-order valence-corrected chi connectivity index (χ1v) is 13.7. The minimum atomic E-state index is -0.672. The standard InChI is InChI=1S/C31H33FN6O3/c1-40-24-16-22-27(25(32)28(24)41-2)35-31(36-29(22)34)38-15-14-37(17-23(38)19-9-4-3-5-10-19)30(39)21-13-12-18-8-6-7-11-20(18)26(21)33/h3-11,16,21,23,26H,12-15,17,33H2,1-2H3,(H2,34,35,36)/t21-,23-,26+/m1/s1. The summed E-state index contributed by atoms with van der Waals surface area (Å²) in [5.41, 5.74) is 16.3. The second-order valence-electron chi connectivity index (χ2n) is 10.5. The molecule has 1 aliphatic carbocycles. The highest BCUT2D eigenvalue weighted by Gasteiger charge is 2.39. The maximum absolute atomic E-state index is 15.5. The van der Waals surface area contributed by atoms with Crippen LogP contribution in [0.5, 0.6) is 11.5 Å². The summed E-state index contributed by atoms with van der Waals surface area (Å²) in [6.07, 6.45) is 1.54. The fourth-order valence-electron chi connectivity index (χ4n) is 6.16. The number of carbonyl (C=O) groups excluding carboxylic acids is 1. The number of fused-ring (bicyclic) bond motifs is 2. The molecule has 10 heteroatoms. The van der Waals surface area contributed by atoms with Crippen molar-refractivity contribution in [3.8, 4) is 11.5 Å². The molecule has 0 unspecified atom stereocenters. The van der Waals surface area contributed by atoms with Gasteiger partial charge in [-0.3, -0.25) is 4.79 Å². The third-order valence-corrected chi connectivity index (χ3v) is 8.32. The Morgan fingerprint density at radius 2 is 1.78 bits per heavy atom. The number of anilines is 2. The van der Waals surface area contributed by atoms with Crippen molar-refractivity contribution >= 4 is 28.6 Å². The molecular weight excluding hydrogens is 523 g/mol. The number of piperazine rings is 1. The van der Waals surface area contributed by atoms with E-state index < -0.39 is 5.82 Å². The van der Waals surface area contributed by atoms with Crippen LogP contribution < -0.4 is 25.8 Å². The van der Waals surface area contributed by atoms with Gasteiger partial charge in [-0.25, -0.2) is 9.37 Å². The van der Waals surface area contributed by atoms with E-state index in [1.54, 1.807) is 6.07 Å². The first kappa shape index (κ1) is 26.8. The van der Waals surface area contributed by atoms with Gasteiger partial charge in [0.05, 0.1) is 26.2 Å². The molecule has 0 bridgehead atoms. The Hall–Kier alpha value is -4.44. The highest BCUT2D eigenvalue weighted by Crippen LogP contribution is 2.40. The Labute approximate surface area is 237 Å². The van der Waals surface area contributed by atoms with Crippen LogP contribution in [0.3, 0.4) is 0 Å². The van der Waals surface area contributed by atoms with Crippen LogP contribution in [0, 0.1) is 11.7 Å². The molecule has 1 aliphatic heterocycles. The lowest BCUT2D eigenvalue weighted by molar-refractivity contribution is -0.137. The normalized spacial score (nSPS) is 20.5. The molecule has 2 heterocycles. The monoisotopic (exact) mass is 556 g/mol. The topological polar surface area (TPSA) is 120 Å². The van der Waals surface area contributed by atoms with E-state index in [2.05, 4.69) is 16.0 Å². The number of carbonyl (C=O) groups is 1. The summed E-state index contributed by atoms with van der Waals surface area (Å²) in [4.78, 5) is 27.0. The van der Waals surface area contributed by atoms with Crippen LogP contribution in [0.25, 0.3) is 10.9 Å². The molecule has 212 valence electrons. The molecule has 0 saturated carbocycles. The summed E-state index contributed by atoms with van der Waals surface area (Å²) < 4.78 is 26.1. The van der Waals surface area contributed by atoms with Crippen LogP contribution in [-0.4, -0.2) is 54.6 Å². The SMILES string of the molecule is COc1cc2c(N)nc(N3CCN(C(=O)[C@@H]4CCc5ccccc5[C@@H]4N)C[C@@H]3c3ccccc3)nc2c(F)c1OC. The van der Waals surface area contributed by atoms with Gasteiger partial charge >= 0.3 is 0 Å². The van der Waals surface area contributed by atoms with Gasteiger partial charge in [0.15, 0.2) is 17.3 Å². The van der Waals surface area contributed by atoms with Crippen molar-refractivity contribution in [2.75, 3.05) is 44.5 Å². The van der Waals surface area contributed by atoms with Gasteiger partial charge in [-0.1, -0.05) is 54.6 Å². The second-order valence-corrected chi connectivity index (χ2v) is 10.5. The fourth-order valence-corrected chi connectivity index (χ4v) is 6.16. The van der Waals surface area contributed by atoms with Gasteiger partial charge in [0, 0.05) is 31.1 Å². The number of nitrogens with two attached hydrogens (primary N) is 2. The molecule has 6 rings (SSSR count). The minimum Gasteiger partial charge on any atom is -0.493 e. The van der Waals surface area contributed by atoms with Crippen molar-refractivity contribution in [3.63, 3.8) is 0 Å². The predicted octanol–water partition coefficient (Wildman–Crippen LogP) is 4.02. The summed E-state index contributed by atoms with van der Waals surface area (Å²) in [5.74, 6) is -0.351. The van der Waals surface area contributed by atoms with Crippen LogP contribution in [-0.2, 0) is 11.2 Å². The highest BCUT2D eigenvalue weighted by molar-refractivity contribution is 5.92. The average Bonchev–Trinajstić information content (AvgIpc) is 3.01. The number of benzene rings is 3. The van der Waals surface area contributed by atoms with E-state index in [0.717, 1.165) is 17.5 Å². The Morgan fingerprint density at radius 1 is 1.02 bits per heavy atom. The van der Waals surface area contributed by atoms with Crippen molar-refractivity contribution in [3.05, 3.63) is 83.2 Å². The van der Waals surface area contributed by atoms with Crippen molar-refractivity contribution in [1.82, 2.24) is 14.9 Å². The first-order chi connectivity index (χ1) is 19.9. The summed E-state index contributed by atoms with van der Waals surface area (Å²) in [6.45, 7) is 1.29. The molecule has 9 nitrogen and oxygen atoms in total. The highest BCUT2D eigenvalue weighted by atomic mass is 19.1. The quantitative estimate of drug-likeness (QED) is 0.378. The molecule has 2 aliphatic rings. The summed E-state index contributed by atoms with van der Waals surface area (Å²) in [5, 5.41) is 0.334. The molecule has 1 fully saturated rings. The van der Waals surface area contributed by atoms with Gasteiger partial charge in [-0.15, -0.1) is 0 Å². The number of aromatic nitrogens is 2. The minimum absolute atomic E-state index is 0.0438. The zero-order valence-electron chi connectivity index (χ0n) is 23.1. The van der Waals surface area contributed by atoms with Crippen LogP contribution in [0.2, 0.25) is 0 Å². The van der Waals surface area contributed by atoms with E-state index in [9.17, 15) is 4.79 Å². The zero-order valence-corrected chi connectivity index (χ0v) is 23.1. The second kappa shape index (κ2) is 10.9. The molecule has 1 saturated heterocycles. The predicted molar refractivity (Wildman–Crippen MR) is 155 cm³/mol. The van der Waals surface area contributed by atoms with Crippen molar-refractivity contribution in [2.45, 2.75) is 24.9 Å². The van der Waals surface area contributed by atoms with E-state index in [-0.39, 0.29) is 52.7 Å². The summed E-state index contributed by atoms with van der Waals surface area (Å²) >= 11 is 0. The van der Waals surface area contributed by atoms with Crippen molar-refractivity contribution in [2.24, 2.45) is 11.7 Å². The fraction of sp³-hybridized carbons (Fsp3) is 0.323. The number of amides is 1. The number of nitrogen functional groups attached to an aromatic ring is 1. The van der Waals surface area contributed by atoms with Crippen LogP contribution in [0.4, 0.5) is 16.2 Å². The van der Waals surface area contributed by atoms with Crippen LogP contribution in [0.1, 0.15) is 35.2 Å². The average molecular weight is 557 g/mol.